The van der Waals surface area contributed by atoms with Gasteiger partial charge in [0.05, 0.1) is 28.7 Å². The second-order valence-electron chi connectivity index (χ2n) is 6.61. The summed E-state index contributed by atoms with van der Waals surface area (Å²) in [6, 6.07) is 20.2. The van der Waals surface area contributed by atoms with Crippen molar-refractivity contribution >= 4 is 33.4 Å². The lowest BCUT2D eigenvalue weighted by atomic mass is 10.1. The van der Waals surface area contributed by atoms with Gasteiger partial charge < -0.3 is 0 Å². The summed E-state index contributed by atoms with van der Waals surface area (Å²) in [5.74, 6) is -0.854. The molecule has 2 heterocycles. The highest BCUT2D eigenvalue weighted by Crippen LogP contribution is 2.30. The van der Waals surface area contributed by atoms with Crippen LogP contribution in [0.2, 0.25) is 0 Å². The van der Waals surface area contributed by atoms with Gasteiger partial charge in [-0.1, -0.05) is 30.3 Å². The molecule has 2 N–H and O–H groups in total. The molecule has 2 aromatic heterocycles. The lowest BCUT2D eigenvalue weighted by Gasteiger charge is -2.07. The van der Waals surface area contributed by atoms with E-state index >= 15 is 0 Å². The Labute approximate surface area is 176 Å². The van der Waals surface area contributed by atoms with Crippen molar-refractivity contribution in [3.63, 3.8) is 0 Å². The molecular formula is C22H17N5O2S. The number of nitrogens with one attached hydrogen (secondary N) is 2. The summed E-state index contributed by atoms with van der Waals surface area (Å²) in [6.45, 7) is 1.90. The number of benzene rings is 2. The SMILES string of the molecule is Cc1nn(-c2ccccc2)c2sc(C(=O)NNC(=O)c3cccc(CC#N)c3)cc12. The van der Waals surface area contributed by atoms with E-state index in [0.29, 0.717) is 10.4 Å². The topological polar surface area (TPSA) is 99.8 Å². The Morgan fingerprint density at radius 1 is 1.07 bits per heavy atom. The molecule has 0 aliphatic rings. The number of fused-ring (bicyclic) bond motifs is 1. The van der Waals surface area contributed by atoms with Crippen LogP contribution in [0.4, 0.5) is 0 Å². The standard InChI is InChI=1S/C22H17N5O2S/c1-14-18-13-19(30-22(18)27(26-14)17-8-3-2-4-9-17)21(29)25-24-20(28)16-7-5-6-15(12-16)10-11-23/h2-9,12-13H,10H2,1H3,(H,24,28)(H,25,29). The number of aromatic nitrogens is 2. The Balaban J connectivity index is 1.51. The van der Waals surface area contributed by atoms with Crippen molar-refractivity contribution in [3.05, 3.63) is 82.4 Å². The molecule has 0 saturated carbocycles. The van der Waals surface area contributed by atoms with Gasteiger partial charge >= 0.3 is 0 Å². The fourth-order valence-corrected chi connectivity index (χ4v) is 4.14. The van der Waals surface area contributed by atoms with Crippen molar-refractivity contribution in [2.75, 3.05) is 0 Å². The number of hydrogen-bond donors (Lipinski definition) is 2. The number of hydrogen-bond acceptors (Lipinski definition) is 5. The number of para-hydroxylation sites is 1. The second kappa shape index (κ2) is 8.19. The zero-order chi connectivity index (χ0) is 21.1. The highest BCUT2D eigenvalue weighted by atomic mass is 32.1. The smallest absolute Gasteiger partial charge is 0.267 e. The monoisotopic (exact) mass is 415 g/mol. The molecule has 2 amide bonds. The third-order valence-electron chi connectivity index (χ3n) is 4.53. The third kappa shape index (κ3) is 3.79. The van der Waals surface area contributed by atoms with Gasteiger partial charge in [-0.05, 0) is 42.8 Å². The number of rotatable bonds is 4. The molecule has 0 spiro atoms. The number of amides is 2. The molecule has 0 unspecified atom stereocenters. The summed E-state index contributed by atoms with van der Waals surface area (Å²) < 4.78 is 1.81. The number of nitrogens with zero attached hydrogens (tertiary/aromatic N) is 3. The number of hydrazine groups is 1. The molecule has 0 fully saturated rings. The maximum absolute atomic E-state index is 12.6. The lowest BCUT2D eigenvalue weighted by molar-refractivity contribution is 0.0849. The molecule has 0 radical (unpaired) electrons. The van der Waals surface area contributed by atoms with E-state index < -0.39 is 11.8 Å². The molecule has 0 aliphatic heterocycles. The summed E-state index contributed by atoms with van der Waals surface area (Å²) in [4.78, 5) is 26.2. The molecular weight excluding hydrogens is 398 g/mol. The Morgan fingerprint density at radius 2 is 1.83 bits per heavy atom. The Hall–Kier alpha value is -3.96. The Bertz CT molecular complexity index is 1280. The van der Waals surface area contributed by atoms with E-state index in [2.05, 4.69) is 16.0 Å². The van der Waals surface area contributed by atoms with Crippen molar-refractivity contribution in [1.82, 2.24) is 20.6 Å². The number of carbonyl (C=O) groups excluding carboxylic acids is 2. The maximum atomic E-state index is 12.6. The highest BCUT2D eigenvalue weighted by Gasteiger charge is 2.18. The van der Waals surface area contributed by atoms with E-state index in [1.54, 1.807) is 30.3 Å². The molecule has 4 rings (SSSR count). The van der Waals surface area contributed by atoms with Crippen LogP contribution in [0.5, 0.6) is 0 Å². The van der Waals surface area contributed by atoms with Gasteiger partial charge in [-0.15, -0.1) is 11.3 Å². The van der Waals surface area contributed by atoms with Crippen LogP contribution in [-0.4, -0.2) is 21.6 Å². The normalized spacial score (nSPS) is 10.5. The van der Waals surface area contributed by atoms with E-state index in [1.807, 2.05) is 48.0 Å². The number of nitriles is 1. The number of aryl methyl sites for hydroxylation is 1. The van der Waals surface area contributed by atoms with Gasteiger partial charge in [-0.3, -0.25) is 20.4 Å². The summed E-state index contributed by atoms with van der Waals surface area (Å²) in [6.07, 6.45) is 0.215. The molecule has 30 heavy (non-hydrogen) atoms. The minimum Gasteiger partial charge on any atom is -0.267 e. The van der Waals surface area contributed by atoms with Gasteiger partial charge in [0.2, 0.25) is 0 Å². The molecule has 4 aromatic rings. The van der Waals surface area contributed by atoms with Gasteiger partial charge in [-0.2, -0.15) is 10.4 Å². The van der Waals surface area contributed by atoms with Gasteiger partial charge in [-0.25, -0.2) is 4.68 Å². The fourth-order valence-electron chi connectivity index (χ4n) is 3.06. The van der Waals surface area contributed by atoms with E-state index in [0.717, 1.165) is 27.2 Å². The first-order valence-electron chi connectivity index (χ1n) is 9.18. The van der Waals surface area contributed by atoms with E-state index in [1.165, 1.54) is 11.3 Å². The average Bonchev–Trinajstić information content (AvgIpc) is 3.33. The minimum absolute atomic E-state index is 0.215. The average molecular weight is 415 g/mol. The van der Waals surface area contributed by atoms with Gasteiger partial charge in [0.25, 0.3) is 11.8 Å². The fraction of sp³-hybridized carbons (Fsp3) is 0.0909. The first kappa shape index (κ1) is 19.4. The van der Waals surface area contributed by atoms with Crippen LogP contribution in [0, 0.1) is 18.3 Å². The number of carbonyl (C=O) groups is 2. The minimum atomic E-state index is -0.448. The zero-order valence-electron chi connectivity index (χ0n) is 16.0. The van der Waals surface area contributed by atoms with Gasteiger partial charge in [0, 0.05) is 10.9 Å². The molecule has 8 heteroatoms. The molecule has 7 nitrogen and oxygen atoms in total. The predicted octanol–water partition coefficient (Wildman–Crippen LogP) is 3.54. The molecule has 2 aromatic carbocycles. The van der Waals surface area contributed by atoms with Crippen molar-refractivity contribution < 1.29 is 9.59 Å². The summed E-state index contributed by atoms with van der Waals surface area (Å²) >= 11 is 1.31. The molecule has 0 atom stereocenters. The van der Waals surface area contributed by atoms with Crippen molar-refractivity contribution in [3.8, 4) is 11.8 Å². The van der Waals surface area contributed by atoms with Crippen LogP contribution in [0.3, 0.4) is 0 Å². The lowest BCUT2D eigenvalue weighted by Crippen LogP contribution is -2.41. The number of thiophene rings is 1. The molecule has 148 valence electrons. The first-order chi connectivity index (χ1) is 14.6. The summed E-state index contributed by atoms with van der Waals surface area (Å²) in [5.41, 5.74) is 7.72. The van der Waals surface area contributed by atoms with Crippen LogP contribution in [0.15, 0.2) is 60.7 Å². The van der Waals surface area contributed by atoms with E-state index in [4.69, 9.17) is 5.26 Å². The van der Waals surface area contributed by atoms with Crippen molar-refractivity contribution in [1.29, 1.82) is 5.26 Å². The van der Waals surface area contributed by atoms with Crippen LogP contribution < -0.4 is 10.9 Å². The summed E-state index contributed by atoms with van der Waals surface area (Å²) in [7, 11) is 0. The zero-order valence-corrected chi connectivity index (χ0v) is 16.9. The predicted molar refractivity (Wildman–Crippen MR) is 114 cm³/mol. The van der Waals surface area contributed by atoms with Crippen LogP contribution in [-0.2, 0) is 6.42 Å². The van der Waals surface area contributed by atoms with Crippen molar-refractivity contribution in [2.24, 2.45) is 0 Å². The van der Waals surface area contributed by atoms with Crippen LogP contribution in [0.1, 0.15) is 31.3 Å². The van der Waals surface area contributed by atoms with Crippen LogP contribution in [0.25, 0.3) is 15.9 Å². The Morgan fingerprint density at radius 3 is 2.60 bits per heavy atom. The molecule has 0 aliphatic carbocycles. The molecule has 0 bridgehead atoms. The van der Waals surface area contributed by atoms with Gasteiger partial charge in [0.15, 0.2) is 0 Å². The summed E-state index contributed by atoms with van der Waals surface area (Å²) in [5, 5.41) is 14.2. The second-order valence-corrected chi connectivity index (χ2v) is 7.64. The maximum Gasteiger partial charge on any atom is 0.279 e. The quantitative estimate of drug-likeness (QED) is 0.498. The highest BCUT2D eigenvalue weighted by molar-refractivity contribution is 7.20. The van der Waals surface area contributed by atoms with Crippen molar-refractivity contribution in [2.45, 2.75) is 13.3 Å². The van der Waals surface area contributed by atoms with Crippen LogP contribution >= 0.6 is 11.3 Å². The largest absolute Gasteiger partial charge is 0.279 e. The van der Waals surface area contributed by atoms with E-state index in [9.17, 15) is 9.59 Å². The first-order valence-corrected chi connectivity index (χ1v) is 9.99. The molecule has 0 saturated heterocycles. The van der Waals surface area contributed by atoms with Gasteiger partial charge in [0.1, 0.15) is 4.83 Å². The Kier molecular flexibility index (Phi) is 5.28. The third-order valence-corrected chi connectivity index (χ3v) is 5.64. The van der Waals surface area contributed by atoms with E-state index in [-0.39, 0.29) is 6.42 Å².